The zero-order valence-electron chi connectivity index (χ0n) is 65.8. The van der Waals surface area contributed by atoms with E-state index < -0.39 is 174 Å². The summed E-state index contributed by atoms with van der Waals surface area (Å²) in [6, 6.07) is -1.76. The number of nitrogens with one attached hydrogen (secondary N) is 12. The minimum Gasteiger partial charge on any atom is -0.508 e. The molecule has 12 amide bonds. The van der Waals surface area contributed by atoms with Gasteiger partial charge in [0.1, 0.15) is 72.2 Å². The molecule has 0 aliphatic rings. The number of hydrogen-bond donors (Lipinski definition) is 20. The molecule has 25 N–H and O–H groups in total. The molecule has 0 unspecified atom stereocenters. The van der Waals surface area contributed by atoms with Crippen LogP contribution in [0.5, 0.6) is 5.75 Å². The molecule has 0 radical (unpaired) electrons. The fourth-order valence-electron chi connectivity index (χ4n) is 11.5. The van der Waals surface area contributed by atoms with Crippen molar-refractivity contribution in [2.45, 2.75) is 238 Å². The van der Waals surface area contributed by atoms with Crippen molar-refractivity contribution in [3.8, 4) is 5.75 Å². The van der Waals surface area contributed by atoms with Gasteiger partial charge in [0.15, 0.2) is 5.96 Å². The van der Waals surface area contributed by atoms with Crippen LogP contribution >= 0.6 is 11.8 Å². The Balaban J connectivity index is 2.58. The highest BCUT2D eigenvalue weighted by Gasteiger charge is 2.38. The fourth-order valence-corrected chi connectivity index (χ4v) is 12.0. The number of amides is 12. The van der Waals surface area contributed by atoms with Crippen LogP contribution in [0.1, 0.15) is 164 Å². The lowest BCUT2D eigenvalue weighted by atomic mass is 9.99. The number of nitrogens with two attached hydrogens (primary N) is 5. The van der Waals surface area contributed by atoms with E-state index in [1.165, 1.54) is 36.0 Å². The van der Waals surface area contributed by atoms with Crippen LogP contribution < -0.4 is 92.5 Å². The fraction of sp³-hybridized carbons (Fsp3) is 0.653. The number of aliphatic hydroxyl groups excluding tert-OH is 1. The molecule has 0 aliphatic heterocycles. The number of thioether (sulfide) groups is 1. The highest BCUT2D eigenvalue weighted by Crippen LogP contribution is 2.17. The van der Waals surface area contributed by atoms with E-state index in [1.54, 1.807) is 71.9 Å². The number of aliphatic imine (C=N–C) groups is 1. The summed E-state index contributed by atoms with van der Waals surface area (Å²) >= 11 is 1.52. The molecule has 0 heterocycles. The van der Waals surface area contributed by atoms with Crippen molar-refractivity contribution in [2.24, 2.45) is 63.3 Å². The number of guanidine groups is 1. The van der Waals surface area contributed by atoms with E-state index in [9.17, 15) is 72.9 Å². The molecular formula is C75H126N18O16S. The molecule has 0 saturated carbocycles. The number of unbranched alkanes of at least 4 members (excludes halogenated alkanes) is 2. The van der Waals surface area contributed by atoms with Gasteiger partial charge in [0, 0.05) is 19.4 Å². The second-order valence-electron chi connectivity index (χ2n) is 29.3. The van der Waals surface area contributed by atoms with Gasteiger partial charge >= 0.3 is 5.97 Å². The Morgan fingerprint density at radius 2 is 0.845 bits per heavy atom. The lowest BCUT2D eigenvalue weighted by molar-refractivity contribution is -0.144. The van der Waals surface area contributed by atoms with Gasteiger partial charge in [-0.1, -0.05) is 118 Å². The average Bonchev–Trinajstić information content (AvgIpc) is 0.852. The van der Waals surface area contributed by atoms with Crippen LogP contribution in [0, 0.1) is 29.6 Å². The number of carboxylic acids is 1. The number of nitrogens with zero attached hydrogens (tertiary/aromatic N) is 1. The number of carbonyl (C=O) groups excluding carboxylic acids is 12. The van der Waals surface area contributed by atoms with E-state index in [0.717, 1.165) is 0 Å². The van der Waals surface area contributed by atoms with Gasteiger partial charge in [0.25, 0.3) is 0 Å². The minimum absolute atomic E-state index is 0.00859. The lowest BCUT2D eigenvalue weighted by Gasteiger charge is -2.29. The monoisotopic (exact) mass is 1570 g/mol. The number of aliphatic hydroxyl groups is 1. The maximum absolute atomic E-state index is 15.0. The topological polar surface area (TPSA) is 569 Å². The molecule has 34 nitrogen and oxygen atoms in total. The molecule has 0 spiro atoms. The SMILES string of the molecule is CC[C@H](C)[C@H](NC(=O)[C@H](CO)NC(=O)[C@H](CCCCN)NC(=O)[C@H](Cc1ccccc1)NC(=O)[C@H](Cc1ccc(O)cc1)NC(=O)[C@H](CCCCN)NC(=O)[C@H](CC(C)C)NC(=O)[C@H](CCCN=C(N)N)NC(=O)[C@@H](NC(=O)CNC(=O)[C@H](CC(C)C)NC(=O)[C@H](CC(C)C)NC(=O)[C@@H](N)CCSC)C(C)C)C(=O)O. The molecule has 0 aliphatic carbocycles. The summed E-state index contributed by atoms with van der Waals surface area (Å²) in [6.07, 6.45) is 3.84. The Morgan fingerprint density at radius 3 is 1.26 bits per heavy atom. The second kappa shape index (κ2) is 52.1. The van der Waals surface area contributed by atoms with Crippen LogP contribution in [0.4, 0.5) is 0 Å². The van der Waals surface area contributed by atoms with Gasteiger partial charge < -0.3 is 108 Å². The first-order valence-corrected chi connectivity index (χ1v) is 39.3. The third-order valence-electron chi connectivity index (χ3n) is 17.9. The largest absolute Gasteiger partial charge is 0.508 e. The van der Waals surface area contributed by atoms with Gasteiger partial charge in [-0.05, 0) is 155 Å². The zero-order chi connectivity index (χ0) is 82.7. The Kier molecular flexibility index (Phi) is 45.9. The van der Waals surface area contributed by atoms with Gasteiger partial charge in [0.05, 0.1) is 19.2 Å². The number of benzene rings is 2. The second-order valence-corrected chi connectivity index (χ2v) is 30.3. The van der Waals surface area contributed by atoms with Crippen molar-refractivity contribution in [1.29, 1.82) is 0 Å². The molecule has 618 valence electrons. The van der Waals surface area contributed by atoms with E-state index >= 15 is 4.79 Å². The molecule has 0 bridgehead atoms. The molecule has 2 aromatic rings. The van der Waals surface area contributed by atoms with Crippen LogP contribution in [0.2, 0.25) is 0 Å². The quantitative estimate of drug-likeness (QED) is 0.0213. The Hall–Kier alpha value is -9.19. The first-order valence-electron chi connectivity index (χ1n) is 38.0. The summed E-state index contributed by atoms with van der Waals surface area (Å²) in [6.45, 7) is 16.4. The van der Waals surface area contributed by atoms with Gasteiger partial charge in [-0.3, -0.25) is 62.5 Å². The smallest absolute Gasteiger partial charge is 0.326 e. The predicted molar refractivity (Wildman–Crippen MR) is 420 cm³/mol. The number of carboxylic acid groups (broad SMARTS) is 1. The minimum atomic E-state index is -1.65. The summed E-state index contributed by atoms with van der Waals surface area (Å²) < 4.78 is 0. The Labute approximate surface area is 650 Å². The van der Waals surface area contributed by atoms with Crippen molar-refractivity contribution in [2.75, 3.05) is 44.8 Å². The van der Waals surface area contributed by atoms with Crippen LogP contribution in [-0.2, 0) is 75.2 Å². The molecule has 35 heteroatoms. The van der Waals surface area contributed by atoms with E-state index in [0.29, 0.717) is 42.6 Å². The predicted octanol–water partition coefficient (Wildman–Crippen LogP) is -1.06. The van der Waals surface area contributed by atoms with Crippen LogP contribution in [0.25, 0.3) is 0 Å². The molecular weight excluding hydrogens is 1440 g/mol. The number of carbonyl (C=O) groups is 13. The van der Waals surface area contributed by atoms with E-state index in [2.05, 4.69) is 68.8 Å². The molecule has 110 heavy (non-hydrogen) atoms. The van der Waals surface area contributed by atoms with E-state index in [1.807, 2.05) is 34.0 Å². The average molecular weight is 1570 g/mol. The standard InChI is InChI=1S/C75H126N18O16S/c1-12-46(10)62(74(108)109)93-72(106)59(41-94)91-67(101)52(24-17-19-32-77)84-70(104)57(38-47-21-14-13-15-22-47)90-71(105)58(39-48-26-28-49(95)29-27-48)89-65(99)51(23-16-18-31-76)83-68(102)56(37-44(6)7)88-66(100)53(25-20-33-81-75(79)80)85-73(107)61(45(8)9)92-60(96)40-82-64(98)54(35-42(2)3)87-69(103)55(36-43(4)5)86-63(97)50(78)30-34-110-11/h13-15,21-22,26-29,42-46,50-59,61-62,94-95H,12,16-20,23-25,30-41,76-78H2,1-11H3,(H,82,98)(H,83,102)(H,84,104)(H,85,107)(H,86,97)(H,87,103)(H,88,100)(H,89,99)(H,90,105)(H,91,101)(H,92,96)(H,93,106)(H,108,109)(H4,79,80,81)/t46-,50-,51-,52-,53-,54-,55-,56-,57-,58-,59-,61-,62-/m0/s1. The van der Waals surface area contributed by atoms with Gasteiger partial charge in [-0.25, -0.2) is 4.79 Å². The number of aliphatic carboxylic acids is 1. The molecule has 0 aromatic heterocycles. The molecule has 2 rings (SSSR count). The summed E-state index contributed by atoms with van der Waals surface area (Å²) in [5.74, 6) is -12.4. The van der Waals surface area contributed by atoms with Crippen molar-refractivity contribution in [3.63, 3.8) is 0 Å². The van der Waals surface area contributed by atoms with E-state index in [4.69, 9.17) is 28.7 Å². The highest BCUT2D eigenvalue weighted by molar-refractivity contribution is 7.98. The van der Waals surface area contributed by atoms with Crippen molar-refractivity contribution in [1.82, 2.24) is 63.8 Å². The van der Waals surface area contributed by atoms with Gasteiger partial charge in [-0.2, -0.15) is 11.8 Å². The van der Waals surface area contributed by atoms with Gasteiger partial charge in [0.2, 0.25) is 70.9 Å². The molecule has 13 atom stereocenters. The number of phenols is 1. The lowest BCUT2D eigenvalue weighted by Crippen LogP contribution is -2.61. The first kappa shape index (κ1) is 96.9. The van der Waals surface area contributed by atoms with Crippen molar-refractivity contribution >= 4 is 94.6 Å². The molecule has 0 fully saturated rings. The summed E-state index contributed by atoms with van der Waals surface area (Å²) in [7, 11) is 0. The normalized spacial score (nSPS) is 14.9. The highest BCUT2D eigenvalue weighted by atomic mass is 32.2. The van der Waals surface area contributed by atoms with Crippen LogP contribution in [0.15, 0.2) is 59.6 Å². The maximum atomic E-state index is 15.0. The number of hydrogen-bond acceptors (Lipinski definition) is 20. The van der Waals surface area contributed by atoms with Crippen molar-refractivity contribution in [3.05, 3.63) is 65.7 Å². The van der Waals surface area contributed by atoms with E-state index in [-0.39, 0.29) is 120 Å². The molecule has 0 saturated heterocycles. The van der Waals surface area contributed by atoms with Gasteiger partial charge in [-0.15, -0.1) is 0 Å². The first-order chi connectivity index (χ1) is 52.0. The molecule has 2 aromatic carbocycles. The van der Waals surface area contributed by atoms with Crippen molar-refractivity contribution < 1.29 is 77.6 Å². The summed E-state index contributed by atoms with van der Waals surface area (Å²) in [5.41, 5.74) is 30.0. The summed E-state index contributed by atoms with van der Waals surface area (Å²) in [5, 5.41) is 62.2. The zero-order valence-corrected chi connectivity index (χ0v) is 66.6. The summed E-state index contributed by atoms with van der Waals surface area (Å²) in [4.78, 5) is 187. The van der Waals surface area contributed by atoms with Crippen LogP contribution in [-0.4, -0.2) is 215 Å². The third-order valence-corrected chi connectivity index (χ3v) is 18.6. The van der Waals surface area contributed by atoms with Crippen LogP contribution in [0.3, 0.4) is 0 Å². The number of phenolic OH excluding ortho intramolecular Hbond substituents is 1. The maximum Gasteiger partial charge on any atom is 0.326 e. The number of aromatic hydroxyl groups is 1. The Bertz CT molecular complexity index is 3280. The number of rotatable bonds is 54. The third kappa shape index (κ3) is 37.5. The Morgan fingerprint density at radius 1 is 0.455 bits per heavy atom.